The largest absolute Gasteiger partial charge is 0.373 e. The lowest BCUT2D eigenvalue weighted by molar-refractivity contribution is 0.0169. The van der Waals surface area contributed by atoms with Gasteiger partial charge in [-0.05, 0) is 19.8 Å². The van der Waals surface area contributed by atoms with Crippen LogP contribution in [0, 0.1) is 0 Å². The number of nitrogens with one attached hydrogen (secondary N) is 1. The second-order valence-corrected chi connectivity index (χ2v) is 7.18. The SMILES string of the molecule is CC(N=C=NC1(I)CCCCC1)C1CNCCO1. The minimum Gasteiger partial charge on any atom is -0.373 e. The summed E-state index contributed by atoms with van der Waals surface area (Å²) in [6.07, 6.45) is 6.38. The molecule has 18 heavy (non-hydrogen) atoms. The number of alkyl halides is 1. The van der Waals surface area contributed by atoms with Crippen LogP contribution in [-0.2, 0) is 4.74 Å². The zero-order valence-corrected chi connectivity index (χ0v) is 13.1. The molecule has 1 N–H and O–H groups in total. The van der Waals surface area contributed by atoms with Crippen LogP contribution in [0.3, 0.4) is 0 Å². The van der Waals surface area contributed by atoms with E-state index in [1.807, 2.05) is 0 Å². The van der Waals surface area contributed by atoms with Gasteiger partial charge in [-0.25, -0.2) is 9.98 Å². The average molecular weight is 363 g/mol. The van der Waals surface area contributed by atoms with Crippen LogP contribution in [0.15, 0.2) is 9.98 Å². The Bertz CT molecular complexity index is 316. The summed E-state index contributed by atoms with van der Waals surface area (Å²) >= 11 is 2.46. The van der Waals surface area contributed by atoms with Gasteiger partial charge in [0.25, 0.3) is 0 Å². The lowest BCUT2D eigenvalue weighted by atomic mass is 9.96. The Morgan fingerprint density at radius 1 is 1.39 bits per heavy atom. The molecule has 0 aromatic rings. The number of hydrogen-bond acceptors (Lipinski definition) is 4. The smallest absolute Gasteiger partial charge is 0.122 e. The quantitative estimate of drug-likeness (QED) is 0.363. The summed E-state index contributed by atoms with van der Waals surface area (Å²) in [5.74, 6) is 0. The molecule has 1 saturated heterocycles. The molecule has 1 aliphatic carbocycles. The number of rotatable bonds is 3. The van der Waals surface area contributed by atoms with Gasteiger partial charge in [0, 0.05) is 13.1 Å². The molecule has 0 aromatic heterocycles. The number of hydrogen-bond donors (Lipinski definition) is 1. The van der Waals surface area contributed by atoms with Gasteiger partial charge in [-0.15, -0.1) is 0 Å². The molecule has 2 aliphatic rings. The van der Waals surface area contributed by atoms with Gasteiger partial charge in [-0.3, -0.25) is 0 Å². The molecule has 5 heteroatoms. The first-order valence-corrected chi connectivity index (χ1v) is 7.95. The monoisotopic (exact) mass is 363 g/mol. The molecule has 4 nitrogen and oxygen atoms in total. The van der Waals surface area contributed by atoms with E-state index >= 15 is 0 Å². The van der Waals surface area contributed by atoms with Gasteiger partial charge in [0.2, 0.25) is 0 Å². The third-order valence-electron chi connectivity index (χ3n) is 3.63. The lowest BCUT2D eigenvalue weighted by Gasteiger charge is -2.26. The van der Waals surface area contributed by atoms with E-state index in [4.69, 9.17) is 4.74 Å². The standard InChI is InChI=1S/C13H22IN3O/c1-11(12-9-15-7-8-18-12)16-10-17-13(14)5-3-2-4-6-13/h11-12,15H,2-9H2,1H3. The molecule has 2 fully saturated rings. The highest BCUT2D eigenvalue weighted by Crippen LogP contribution is 2.37. The van der Waals surface area contributed by atoms with Crippen molar-refractivity contribution in [2.75, 3.05) is 19.7 Å². The predicted octanol–water partition coefficient (Wildman–Crippen LogP) is 2.63. The highest BCUT2D eigenvalue weighted by Gasteiger charge is 2.27. The second-order valence-electron chi connectivity index (χ2n) is 5.17. The zero-order valence-electron chi connectivity index (χ0n) is 11.0. The van der Waals surface area contributed by atoms with E-state index in [0.29, 0.717) is 0 Å². The second kappa shape index (κ2) is 6.98. The van der Waals surface area contributed by atoms with Gasteiger partial charge in [0.05, 0.1) is 24.8 Å². The maximum absolute atomic E-state index is 5.67. The van der Waals surface area contributed by atoms with E-state index in [-0.39, 0.29) is 15.7 Å². The van der Waals surface area contributed by atoms with Crippen LogP contribution in [0.1, 0.15) is 39.0 Å². The molecular formula is C13H22IN3O. The third kappa shape index (κ3) is 4.30. The maximum Gasteiger partial charge on any atom is 0.122 e. The average Bonchev–Trinajstić information content (AvgIpc) is 2.40. The van der Waals surface area contributed by atoms with Crippen molar-refractivity contribution in [1.82, 2.24) is 5.32 Å². The highest BCUT2D eigenvalue weighted by atomic mass is 127. The number of nitrogens with zero attached hydrogens (tertiary/aromatic N) is 2. The van der Waals surface area contributed by atoms with Gasteiger partial charge in [0.1, 0.15) is 3.55 Å². The highest BCUT2D eigenvalue weighted by molar-refractivity contribution is 14.1. The van der Waals surface area contributed by atoms with E-state index in [1.165, 1.54) is 19.3 Å². The van der Waals surface area contributed by atoms with E-state index in [0.717, 1.165) is 32.5 Å². The van der Waals surface area contributed by atoms with Gasteiger partial charge in [-0.2, -0.15) is 0 Å². The van der Waals surface area contributed by atoms with E-state index < -0.39 is 0 Å². The number of ether oxygens (including phenoxy) is 1. The molecule has 2 rings (SSSR count). The third-order valence-corrected chi connectivity index (χ3v) is 4.95. The normalized spacial score (nSPS) is 29.1. The van der Waals surface area contributed by atoms with Crippen LogP contribution in [-0.4, -0.2) is 41.4 Å². The summed E-state index contributed by atoms with van der Waals surface area (Å²) < 4.78 is 5.71. The topological polar surface area (TPSA) is 46.0 Å². The Kier molecular flexibility index (Phi) is 5.60. The predicted molar refractivity (Wildman–Crippen MR) is 81.8 cm³/mol. The first-order valence-electron chi connectivity index (χ1n) is 6.88. The van der Waals surface area contributed by atoms with E-state index in [2.05, 4.69) is 50.8 Å². The van der Waals surface area contributed by atoms with Crippen molar-refractivity contribution in [3.05, 3.63) is 0 Å². The lowest BCUT2D eigenvalue weighted by Crippen LogP contribution is -2.43. The van der Waals surface area contributed by atoms with Crippen molar-refractivity contribution in [2.24, 2.45) is 9.98 Å². The fourth-order valence-electron chi connectivity index (χ4n) is 2.39. The minimum atomic E-state index is 0.0465. The first-order chi connectivity index (χ1) is 8.70. The van der Waals surface area contributed by atoms with Crippen LogP contribution in [0.2, 0.25) is 0 Å². The van der Waals surface area contributed by atoms with Gasteiger partial charge < -0.3 is 10.1 Å². The number of aliphatic imine (C=N–C) groups is 2. The Labute approximate surface area is 123 Å². The fraction of sp³-hybridized carbons (Fsp3) is 0.923. The molecule has 102 valence electrons. The van der Waals surface area contributed by atoms with Crippen molar-refractivity contribution < 1.29 is 4.74 Å². The number of halogens is 1. The molecule has 0 radical (unpaired) electrons. The summed E-state index contributed by atoms with van der Waals surface area (Å²) in [5.41, 5.74) is 0. The van der Waals surface area contributed by atoms with Crippen LogP contribution in [0.25, 0.3) is 0 Å². The van der Waals surface area contributed by atoms with Crippen LogP contribution >= 0.6 is 22.6 Å². The summed E-state index contributed by atoms with van der Waals surface area (Å²) in [6, 6.07) is 3.06. The van der Waals surface area contributed by atoms with Gasteiger partial charge in [-0.1, -0.05) is 41.9 Å². The maximum atomic E-state index is 5.67. The molecule has 1 heterocycles. The summed E-state index contributed by atoms with van der Waals surface area (Å²) in [7, 11) is 0. The number of morpholine rings is 1. The van der Waals surface area contributed by atoms with Crippen LogP contribution < -0.4 is 5.32 Å². The first kappa shape index (κ1) is 14.4. The molecule has 0 spiro atoms. The van der Waals surface area contributed by atoms with Gasteiger partial charge >= 0.3 is 0 Å². The Morgan fingerprint density at radius 3 is 2.83 bits per heavy atom. The van der Waals surface area contributed by atoms with E-state index in [1.54, 1.807) is 0 Å². The summed E-state index contributed by atoms with van der Waals surface area (Å²) in [4.78, 5) is 8.94. The zero-order chi connectivity index (χ0) is 12.8. The van der Waals surface area contributed by atoms with Crippen molar-refractivity contribution in [2.45, 2.75) is 54.7 Å². The Hall–Kier alpha value is 0.0300. The van der Waals surface area contributed by atoms with Crippen molar-refractivity contribution in [3.63, 3.8) is 0 Å². The molecule has 0 bridgehead atoms. The van der Waals surface area contributed by atoms with Crippen LogP contribution in [0.5, 0.6) is 0 Å². The van der Waals surface area contributed by atoms with Crippen molar-refractivity contribution in [3.8, 4) is 0 Å². The molecule has 1 saturated carbocycles. The van der Waals surface area contributed by atoms with Gasteiger partial charge in [0.15, 0.2) is 0 Å². The Morgan fingerprint density at radius 2 is 2.17 bits per heavy atom. The van der Waals surface area contributed by atoms with Crippen LogP contribution in [0.4, 0.5) is 0 Å². The summed E-state index contributed by atoms with van der Waals surface area (Å²) in [5, 5.41) is 3.32. The molecule has 2 unspecified atom stereocenters. The molecular weight excluding hydrogens is 341 g/mol. The van der Waals surface area contributed by atoms with E-state index in [9.17, 15) is 0 Å². The van der Waals surface area contributed by atoms with Crippen molar-refractivity contribution >= 4 is 28.6 Å². The Balaban J connectivity index is 1.88. The van der Waals surface area contributed by atoms with Crippen molar-refractivity contribution in [1.29, 1.82) is 0 Å². The minimum absolute atomic E-state index is 0.0465. The molecule has 0 amide bonds. The molecule has 2 atom stereocenters. The fourth-order valence-corrected chi connectivity index (χ4v) is 3.26. The summed E-state index contributed by atoms with van der Waals surface area (Å²) in [6.45, 7) is 4.67. The molecule has 0 aromatic carbocycles. The molecule has 1 aliphatic heterocycles.